The molecule has 0 unspecified atom stereocenters. The Morgan fingerprint density at radius 3 is 2.12 bits per heavy atom. The fourth-order valence-corrected chi connectivity index (χ4v) is 2.32. The molecule has 4 heteroatoms. The Labute approximate surface area is 48.2 Å². The van der Waals surface area contributed by atoms with Gasteiger partial charge in [0.1, 0.15) is 0 Å². The summed E-state index contributed by atoms with van der Waals surface area (Å²) in [5.74, 6) is 0.396. The summed E-state index contributed by atoms with van der Waals surface area (Å²) >= 11 is 0. The molecule has 48 valence electrons. The van der Waals surface area contributed by atoms with Gasteiger partial charge in [0, 0.05) is 12.5 Å². The largest absolute Gasteiger partial charge is 0.396 e. The standard InChI is InChI=1S/C4H8O3S/c5-1-4-2-8(6,7)3-4/h4-5H,1-3H2. The van der Waals surface area contributed by atoms with Gasteiger partial charge in [-0.1, -0.05) is 0 Å². The summed E-state index contributed by atoms with van der Waals surface area (Å²) < 4.78 is 20.7. The van der Waals surface area contributed by atoms with E-state index in [-0.39, 0.29) is 24.0 Å². The first-order chi connectivity index (χ1) is 3.64. The molecule has 1 aliphatic rings. The third kappa shape index (κ3) is 1.00. The van der Waals surface area contributed by atoms with Gasteiger partial charge in [-0.3, -0.25) is 0 Å². The summed E-state index contributed by atoms with van der Waals surface area (Å²) in [5, 5.41) is 8.35. The van der Waals surface area contributed by atoms with Gasteiger partial charge >= 0.3 is 0 Å². The summed E-state index contributed by atoms with van der Waals surface area (Å²) in [6, 6.07) is 0. The Kier molecular flexibility index (Phi) is 1.28. The molecule has 0 atom stereocenters. The molecule has 0 spiro atoms. The van der Waals surface area contributed by atoms with Crippen LogP contribution in [-0.4, -0.2) is 31.6 Å². The molecule has 0 radical (unpaired) electrons. The van der Waals surface area contributed by atoms with E-state index >= 15 is 0 Å². The van der Waals surface area contributed by atoms with Gasteiger partial charge in [0.25, 0.3) is 0 Å². The van der Waals surface area contributed by atoms with Gasteiger partial charge in [0.05, 0.1) is 11.5 Å². The highest BCUT2D eigenvalue weighted by Crippen LogP contribution is 2.16. The highest BCUT2D eigenvalue weighted by molar-refractivity contribution is 7.92. The fraction of sp³-hybridized carbons (Fsp3) is 1.00. The van der Waals surface area contributed by atoms with Crippen LogP contribution in [0.3, 0.4) is 0 Å². The van der Waals surface area contributed by atoms with Crippen LogP contribution >= 0.6 is 0 Å². The molecule has 8 heavy (non-hydrogen) atoms. The van der Waals surface area contributed by atoms with E-state index < -0.39 is 9.84 Å². The molecule has 1 N–H and O–H groups in total. The lowest BCUT2D eigenvalue weighted by Crippen LogP contribution is -2.38. The van der Waals surface area contributed by atoms with Crippen molar-refractivity contribution < 1.29 is 13.5 Å². The van der Waals surface area contributed by atoms with Crippen molar-refractivity contribution in [3.8, 4) is 0 Å². The van der Waals surface area contributed by atoms with Crippen molar-refractivity contribution in [2.75, 3.05) is 18.1 Å². The second-order valence-electron chi connectivity index (χ2n) is 2.13. The average molecular weight is 136 g/mol. The van der Waals surface area contributed by atoms with Crippen LogP contribution in [-0.2, 0) is 9.84 Å². The number of aliphatic hydroxyl groups is 1. The van der Waals surface area contributed by atoms with Crippen molar-refractivity contribution in [3.05, 3.63) is 0 Å². The van der Waals surface area contributed by atoms with Crippen LogP contribution in [0.1, 0.15) is 0 Å². The number of sulfone groups is 1. The molecular formula is C4H8O3S. The number of rotatable bonds is 1. The lowest BCUT2D eigenvalue weighted by Gasteiger charge is -2.22. The zero-order valence-corrected chi connectivity index (χ0v) is 5.19. The van der Waals surface area contributed by atoms with Crippen molar-refractivity contribution in [1.29, 1.82) is 0 Å². The summed E-state index contributed by atoms with van der Waals surface area (Å²) in [6.07, 6.45) is 0. The number of aliphatic hydroxyl groups excluding tert-OH is 1. The lowest BCUT2D eigenvalue weighted by molar-refractivity contribution is 0.241. The summed E-state index contributed by atoms with van der Waals surface area (Å²) in [7, 11) is -2.70. The first-order valence-corrected chi connectivity index (χ1v) is 4.27. The molecule has 0 saturated carbocycles. The minimum absolute atomic E-state index is 0.0131. The summed E-state index contributed by atoms with van der Waals surface area (Å²) in [4.78, 5) is 0. The maximum absolute atomic E-state index is 10.3. The Balaban J connectivity index is 2.43. The predicted octanol–water partition coefficient (Wildman–Crippen LogP) is -0.977. The van der Waals surface area contributed by atoms with E-state index in [9.17, 15) is 8.42 Å². The van der Waals surface area contributed by atoms with Gasteiger partial charge in [-0.25, -0.2) is 8.42 Å². The zero-order chi connectivity index (χ0) is 6.20. The Morgan fingerprint density at radius 1 is 1.50 bits per heavy atom. The quantitative estimate of drug-likeness (QED) is 0.504. The molecule has 3 nitrogen and oxygen atoms in total. The molecule has 1 rings (SSSR count). The van der Waals surface area contributed by atoms with Crippen LogP contribution < -0.4 is 0 Å². The smallest absolute Gasteiger partial charge is 0.151 e. The third-order valence-corrected chi connectivity index (χ3v) is 3.20. The molecule has 0 aromatic rings. The maximum atomic E-state index is 10.3. The Bertz CT molecular complexity index is 158. The first kappa shape index (κ1) is 6.04. The van der Waals surface area contributed by atoms with E-state index in [2.05, 4.69) is 0 Å². The van der Waals surface area contributed by atoms with Crippen LogP contribution in [0, 0.1) is 5.92 Å². The third-order valence-electron chi connectivity index (χ3n) is 1.24. The van der Waals surface area contributed by atoms with E-state index in [0.29, 0.717) is 0 Å². The van der Waals surface area contributed by atoms with Gasteiger partial charge in [-0.15, -0.1) is 0 Å². The summed E-state index contributed by atoms with van der Waals surface area (Å²) in [6.45, 7) is 0.0131. The van der Waals surface area contributed by atoms with Gasteiger partial charge in [0.2, 0.25) is 0 Å². The lowest BCUT2D eigenvalue weighted by atomic mass is 10.2. The van der Waals surface area contributed by atoms with Crippen LogP contribution in [0.15, 0.2) is 0 Å². The van der Waals surface area contributed by atoms with Crippen molar-refractivity contribution in [2.24, 2.45) is 5.92 Å². The molecule has 0 aromatic carbocycles. The maximum Gasteiger partial charge on any atom is 0.151 e. The van der Waals surface area contributed by atoms with Crippen molar-refractivity contribution in [2.45, 2.75) is 0 Å². The van der Waals surface area contributed by atoms with E-state index in [1.165, 1.54) is 0 Å². The zero-order valence-electron chi connectivity index (χ0n) is 4.37. The summed E-state index contributed by atoms with van der Waals surface area (Å²) in [5.41, 5.74) is 0. The van der Waals surface area contributed by atoms with E-state index in [4.69, 9.17) is 5.11 Å². The molecule has 0 aromatic heterocycles. The normalized spacial score (nSPS) is 27.1. The van der Waals surface area contributed by atoms with E-state index in [0.717, 1.165) is 0 Å². The fourth-order valence-electron chi connectivity index (χ4n) is 0.775. The molecule has 0 aliphatic carbocycles. The minimum atomic E-state index is -2.70. The van der Waals surface area contributed by atoms with E-state index in [1.54, 1.807) is 0 Å². The van der Waals surface area contributed by atoms with Crippen LogP contribution in [0.4, 0.5) is 0 Å². The predicted molar refractivity (Wildman–Crippen MR) is 29.2 cm³/mol. The minimum Gasteiger partial charge on any atom is -0.396 e. The first-order valence-electron chi connectivity index (χ1n) is 2.45. The molecule has 1 saturated heterocycles. The van der Waals surface area contributed by atoms with Gasteiger partial charge in [-0.05, 0) is 0 Å². The topological polar surface area (TPSA) is 54.4 Å². The Hall–Kier alpha value is -0.0900. The van der Waals surface area contributed by atoms with Crippen LogP contribution in [0.2, 0.25) is 0 Å². The van der Waals surface area contributed by atoms with Crippen LogP contribution in [0.25, 0.3) is 0 Å². The van der Waals surface area contributed by atoms with Crippen molar-refractivity contribution >= 4 is 9.84 Å². The monoisotopic (exact) mass is 136 g/mol. The molecule has 0 amide bonds. The second-order valence-corrected chi connectivity index (χ2v) is 4.28. The van der Waals surface area contributed by atoms with Crippen molar-refractivity contribution in [3.63, 3.8) is 0 Å². The molecule has 0 bridgehead atoms. The Morgan fingerprint density at radius 2 is 2.00 bits per heavy atom. The van der Waals surface area contributed by atoms with Gasteiger partial charge < -0.3 is 5.11 Å². The SMILES string of the molecule is O=S1(=O)CC(CO)C1. The average Bonchev–Trinajstić information content (AvgIpc) is 1.60. The highest BCUT2D eigenvalue weighted by atomic mass is 32.2. The molecule has 1 aliphatic heterocycles. The molecule has 1 heterocycles. The van der Waals surface area contributed by atoms with Crippen molar-refractivity contribution in [1.82, 2.24) is 0 Å². The molecule has 1 fully saturated rings. The highest BCUT2D eigenvalue weighted by Gasteiger charge is 2.32. The molecular weight excluding hydrogens is 128 g/mol. The van der Waals surface area contributed by atoms with E-state index in [1.807, 2.05) is 0 Å². The number of hydrogen-bond donors (Lipinski definition) is 1. The number of hydrogen-bond acceptors (Lipinski definition) is 3. The van der Waals surface area contributed by atoms with Gasteiger partial charge in [-0.2, -0.15) is 0 Å². The van der Waals surface area contributed by atoms with Crippen LogP contribution in [0.5, 0.6) is 0 Å². The van der Waals surface area contributed by atoms with Gasteiger partial charge in [0.15, 0.2) is 9.84 Å². The second kappa shape index (κ2) is 1.70.